The molecule has 214 valence electrons. The van der Waals surface area contributed by atoms with E-state index in [-0.39, 0.29) is 24.4 Å². The van der Waals surface area contributed by atoms with Gasteiger partial charge in [0.05, 0.1) is 0 Å². The quantitative estimate of drug-likeness (QED) is 0.435. The second-order valence-corrected chi connectivity index (χ2v) is 11.0. The number of piperidine rings is 1. The summed E-state index contributed by atoms with van der Waals surface area (Å²) in [5, 5.41) is 29.0. The van der Waals surface area contributed by atoms with Crippen LogP contribution < -0.4 is 4.90 Å². The van der Waals surface area contributed by atoms with Crippen molar-refractivity contribution in [3.05, 3.63) is 76.1 Å². The van der Waals surface area contributed by atoms with Gasteiger partial charge in [0, 0.05) is 44.8 Å². The van der Waals surface area contributed by atoms with Crippen LogP contribution in [0.3, 0.4) is 0 Å². The van der Waals surface area contributed by atoms with Crippen molar-refractivity contribution in [2.75, 3.05) is 44.2 Å². The number of likely N-dealkylation sites (tertiary alicyclic amines) is 1. The standard InChI is InChI=1S/C32H38N6O3/c1-24-15-25(2)17-27(16-24)22-37-14-13-36(32(37)28(19-33)20-34)12-9-30(39)38(23-31(40)41)29-8-6-7-26(18-29)21-35-10-4-3-5-11-35/h6-8,15-18H,3-5,9-14,21-23H2,1-2H3,(H,40,41). The molecule has 2 aromatic carbocycles. The van der Waals surface area contributed by atoms with Gasteiger partial charge >= 0.3 is 5.97 Å². The van der Waals surface area contributed by atoms with Crippen molar-refractivity contribution in [1.82, 2.24) is 14.7 Å². The molecule has 41 heavy (non-hydrogen) atoms. The summed E-state index contributed by atoms with van der Waals surface area (Å²) in [4.78, 5) is 32.8. The smallest absolute Gasteiger partial charge is 0.323 e. The fraction of sp³-hybridized carbons (Fsp3) is 0.438. The molecular formula is C32H38N6O3. The third-order valence-corrected chi connectivity index (χ3v) is 7.61. The molecule has 2 heterocycles. The molecule has 1 amide bonds. The summed E-state index contributed by atoms with van der Waals surface area (Å²) in [6.45, 7) is 8.49. The molecule has 2 aliphatic heterocycles. The van der Waals surface area contributed by atoms with Crippen molar-refractivity contribution < 1.29 is 14.7 Å². The predicted molar refractivity (Wildman–Crippen MR) is 156 cm³/mol. The molecular weight excluding hydrogens is 516 g/mol. The first-order chi connectivity index (χ1) is 19.8. The molecule has 0 aliphatic carbocycles. The minimum Gasteiger partial charge on any atom is -0.480 e. The van der Waals surface area contributed by atoms with Gasteiger partial charge in [-0.05, 0) is 63.0 Å². The van der Waals surface area contributed by atoms with E-state index in [9.17, 15) is 25.2 Å². The first-order valence-corrected chi connectivity index (χ1v) is 14.2. The molecule has 4 rings (SSSR count). The Morgan fingerprint density at radius 2 is 1.56 bits per heavy atom. The maximum Gasteiger partial charge on any atom is 0.323 e. The van der Waals surface area contributed by atoms with Gasteiger partial charge in [-0.2, -0.15) is 10.5 Å². The number of carbonyl (C=O) groups is 2. The molecule has 9 nitrogen and oxygen atoms in total. The minimum absolute atomic E-state index is 0.00660. The van der Waals surface area contributed by atoms with Crippen molar-refractivity contribution >= 4 is 17.6 Å². The van der Waals surface area contributed by atoms with Crippen molar-refractivity contribution in [2.24, 2.45) is 0 Å². The Morgan fingerprint density at radius 1 is 0.878 bits per heavy atom. The summed E-state index contributed by atoms with van der Waals surface area (Å²) in [6, 6.07) is 17.9. The van der Waals surface area contributed by atoms with Gasteiger partial charge in [0.15, 0.2) is 5.57 Å². The second kappa shape index (κ2) is 13.8. The highest BCUT2D eigenvalue weighted by atomic mass is 16.4. The van der Waals surface area contributed by atoms with Crippen LogP contribution in [0.5, 0.6) is 0 Å². The predicted octanol–water partition coefficient (Wildman–Crippen LogP) is 4.17. The molecule has 2 aromatic rings. The van der Waals surface area contributed by atoms with Gasteiger partial charge in [-0.15, -0.1) is 0 Å². The van der Waals surface area contributed by atoms with Crippen LogP contribution >= 0.6 is 0 Å². The zero-order valence-electron chi connectivity index (χ0n) is 24.0. The van der Waals surface area contributed by atoms with Crippen LogP contribution in [0.1, 0.15) is 47.9 Å². The average Bonchev–Trinajstić information content (AvgIpc) is 3.33. The third kappa shape index (κ3) is 7.87. The third-order valence-electron chi connectivity index (χ3n) is 7.61. The number of aliphatic carboxylic acids is 1. The molecule has 1 N–H and O–H groups in total. The Labute approximate surface area is 242 Å². The molecule has 0 unspecified atom stereocenters. The number of aryl methyl sites for hydroxylation is 2. The highest BCUT2D eigenvalue weighted by molar-refractivity contribution is 5.97. The molecule has 0 atom stereocenters. The monoisotopic (exact) mass is 554 g/mol. The number of nitriles is 2. The fourth-order valence-corrected chi connectivity index (χ4v) is 5.87. The summed E-state index contributed by atoms with van der Waals surface area (Å²) in [5.41, 5.74) is 5.00. The van der Waals surface area contributed by atoms with E-state index in [0.29, 0.717) is 31.1 Å². The number of carbonyl (C=O) groups excluding carboxylic acids is 1. The molecule has 0 radical (unpaired) electrons. The van der Waals surface area contributed by atoms with E-state index in [1.165, 1.54) is 24.2 Å². The Morgan fingerprint density at radius 3 is 2.22 bits per heavy atom. The highest BCUT2D eigenvalue weighted by Gasteiger charge is 2.30. The molecule has 0 saturated carbocycles. The van der Waals surface area contributed by atoms with Gasteiger partial charge in [-0.25, -0.2) is 0 Å². The van der Waals surface area contributed by atoms with Crippen LogP contribution in [0.4, 0.5) is 5.69 Å². The summed E-state index contributed by atoms with van der Waals surface area (Å²) in [6.07, 6.45) is 3.66. The fourth-order valence-electron chi connectivity index (χ4n) is 5.87. The van der Waals surface area contributed by atoms with Crippen molar-refractivity contribution in [2.45, 2.75) is 52.6 Å². The SMILES string of the molecule is Cc1cc(C)cc(CN2CCN(CCC(=O)N(CC(=O)O)c3cccc(CN4CCCCC4)c3)C2=C(C#N)C#N)c1. The number of amides is 1. The lowest BCUT2D eigenvalue weighted by atomic mass is 10.1. The molecule has 2 aliphatic rings. The van der Waals surface area contributed by atoms with Gasteiger partial charge in [0.2, 0.25) is 5.91 Å². The van der Waals surface area contributed by atoms with Crippen LogP contribution in [-0.2, 0) is 22.7 Å². The van der Waals surface area contributed by atoms with E-state index in [2.05, 4.69) is 23.1 Å². The number of carboxylic acid groups (broad SMARTS) is 1. The number of benzene rings is 2. The van der Waals surface area contributed by atoms with Gasteiger partial charge in [0.1, 0.15) is 24.5 Å². The number of hydrogen-bond donors (Lipinski definition) is 1. The lowest BCUT2D eigenvalue weighted by molar-refractivity contribution is -0.136. The number of carboxylic acids is 1. The molecule has 2 fully saturated rings. The topological polar surface area (TPSA) is 115 Å². The lowest BCUT2D eigenvalue weighted by Crippen LogP contribution is -2.38. The van der Waals surface area contributed by atoms with Crippen molar-refractivity contribution in [3.8, 4) is 12.1 Å². The number of rotatable bonds is 10. The van der Waals surface area contributed by atoms with Crippen LogP contribution in [-0.4, -0.2) is 71.0 Å². The molecule has 0 aromatic heterocycles. The minimum atomic E-state index is -1.09. The summed E-state index contributed by atoms with van der Waals surface area (Å²) < 4.78 is 0. The Kier molecular flexibility index (Phi) is 10.00. The highest BCUT2D eigenvalue weighted by Crippen LogP contribution is 2.26. The maximum absolute atomic E-state index is 13.5. The summed E-state index contributed by atoms with van der Waals surface area (Å²) in [5.74, 6) is -0.877. The van der Waals surface area contributed by atoms with E-state index < -0.39 is 12.5 Å². The molecule has 0 spiro atoms. The number of hydrogen-bond acceptors (Lipinski definition) is 7. The Hall–Kier alpha value is -4.34. The largest absolute Gasteiger partial charge is 0.480 e. The van der Waals surface area contributed by atoms with E-state index in [1.807, 2.05) is 54.0 Å². The maximum atomic E-state index is 13.5. The van der Waals surface area contributed by atoms with Crippen LogP contribution in [0.2, 0.25) is 0 Å². The van der Waals surface area contributed by atoms with Crippen LogP contribution in [0.25, 0.3) is 0 Å². The lowest BCUT2D eigenvalue weighted by Gasteiger charge is -2.28. The van der Waals surface area contributed by atoms with Crippen LogP contribution in [0, 0.1) is 36.5 Å². The Bertz CT molecular complexity index is 1350. The molecule has 2 saturated heterocycles. The average molecular weight is 555 g/mol. The zero-order valence-corrected chi connectivity index (χ0v) is 24.0. The number of allylic oxidation sites excluding steroid dienone is 1. The number of anilines is 1. The van der Waals surface area contributed by atoms with Gasteiger partial charge in [-0.3, -0.25) is 14.5 Å². The Balaban J connectivity index is 1.49. The number of nitrogens with zero attached hydrogens (tertiary/aromatic N) is 6. The summed E-state index contributed by atoms with van der Waals surface area (Å²) in [7, 11) is 0. The van der Waals surface area contributed by atoms with Crippen molar-refractivity contribution in [1.29, 1.82) is 10.5 Å². The molecule has 9 heteroatoms. The van der Waals surface area contributed by atoms with E-state index in [1.54, 1.807) is 6.07 Å². The van der Waals surface area contributed by atoms with E-state index in [0.717, 1.165) is 41.9 Å². The van der Waals surface area contributed by atoms with Crippen LogP contribution in [0.15, 0.2) is 53.9 Å². The van der Waals surface area contributed by atoms with Gasteiger partial charge < -0.3 is 19.8 Å². The van der Waals surface area contributed by atoms with E-state index in [4.69, 9.17) is 0 Å². The normalized spacial score (nSPS) is 15.4. The first kappa shape index (κ1) is 29.6. The molecule has 0 bridgehead atoms. The second-order valence-electron chi connectivity index (χ2n) is 11.0. The van der Waals surface area contributed by atoms with E-state index >= 15 is 0 Å². The van der Waals surface area contributed by atoms with Gasteiger partial charge in [0.25, 0.3) is 0 Å². The first-order valence-electron chi connectivity index (χ1n) is 14.2. The van der Waals surface area contributed by atoms with Crippen molar-refractivity contribution in [3.63, 3.8) is 0 Å². The summed E-state index contributed by atoms with van der Waals surface area (Å²) >= 11 is 0. The van der Waals surface area contributed by atoms with Gasteiger partial charge in [-0.1, -0.05) is 47.9 Å². The zero-order chi connectivity index (χ0) is 29.4.